The highest BCUT2D eigenvalue weighted by Gasteiger charge is 2.20. The number of benzene rings is 2. The second-order valence-electron chi connectivity index (χ2n) is 6.60. The van der Waals surface area contributed by atoms with E-state index in [9.17, 15) is 0 Å². The molecule has 1 aliphatic rings. The molecule has 2 heterocycles. The first-order chi connectivity index (χ1) is 13.4. The van der Waals surface area contributed by atoms with Crippen LogP contribution in [0.5, 0.6) is 5.75 Å². The quantitative estimate of drug-likeness (QED) is 0.557. The van der Waals surface area contributed by atoms with Crippen LogP contribution < -0.4 is 9.64 Å². The summed E-state index contributed by atoms with van der Waals surface area (Å²) < 4.78 is 17.3. The Balaban J connectivity index is 1.14. The molecule has 0 radical (unpaired) electrons. The van der Waals surface area contributed by atoms with Crippen LogP contribution in [0.25, 0.3) is 10.1 Å². The summed E-state index contributed by atoms with van der Waals surface area (Å²) in [5, 5.41) is 1.28. The number of anilines is 1. The molecule has 1 saturated heterocycles. The molecule has 5 nitrogen and oxygen atoms in total. The maximum atomic E-state index is 5.72. The first kappa shape index (κ1) is 18.2. The van der Waals surface area contributed by atoms with Crippen LogP contribution in [-0.2, 0) is 4.74 Å². The Morgan fingerprint density at radius 3 is 2.48 bits per heavy atom. The molecule has 3 aromatic rings. The van der Waals surface area contributed by atoms with Crippen molar-refractivity contribution < 1.29 is 9.47 Å². The van der Waals surface area contributed by atoms with E-state index in [4.69, 9.17) is 9.47 Å². The van der Waals surface area contributed by atoms with Crippen molar-refractivity contribution in [2.24, 2.45) is 0 Å². The lowest BCUT2D eigenvalue weighted by atomic mass is 10.2. The average molecular weight is 384 g/mol. The number of hydrogen-bond donors (Lipinski definition) is 0. The van der Waals surface area contributed by atoms with Crippen LogP contribution in [0.1, 0.15) is 0 Å². The molecule has 142 valence electrons. The first-order valence-electron chi connectivity index (χ1n) is 9.47. The third-order valence-corrected chi connectivity index (χ3v) is 5.64. The minimum Gasteiger partial charge on any atom is -0.491 e. The fourth-order valence-electron chi connectivity index (χ4n) is 3.31. The van der Waals surface area contributed by atoms with Crippen LogP contribution in [0.15, 0.2) is 54.6 Å². The zero-order valence-corrected chi connectivity index (χ0v) is 16.2. The summed E-state index contributed by atoms with van der Waals surface area (Å²) in [6, 6.07) is 18.4. The molecule has 0 N–H and O–H groups in total. The molecule has 0 bridgehead atoms. The third-order valence-electron chi connectivity index (χ3n) is 4.82. The van der Waals surface area contributed by atoms with Gasteiger partial charge in [0.1, 0.15) is 18.2 Å². The van der Waals surface area contributed by atoms with E-state index in [1.54, 1.807) is 11.5 Å². The molecular formula is C21H25N3O2S. The first-order valence-corrected chi connectivity index (χ1v) is 10.2. The number of ether oxygens (including phenoxy) is 2. The number of nitrogens with zero attached hydrogens (tertiary/aromatic N) is 3. The number of piperazine rings is 1. The summed E-state index contributed by atoms with van der Waals surface area (Å²) in [6.45, 7) is 7.07. The fourth-order valence-corrected chi connectivity index (χ4v) is 4.11. The Bertz CT molecular complexity index is 832. The molecule has 27 heavy (non-hydrogen) atoms. The highest BCUT2D eigenvalue weighted by atomic mass is 32.1. The molecule has 0 amide bonds. The highest BCUT2D eigenvalue weighted by molar-refractivity contribution is 7.13. The second-order valence-corrected chi connectivity index (χ2v) is 7.41. The summed E-state index contributed by atoms with van der Waals surface area (Å²) in [6.07, 6.45) is 0. The molecule has 0 atom stereocenters. The van der Waals surface area contributed by atoms with E-state index in [-0.39, 0.29) is 0 Å². The smallest absolute Gasteiger partial charge is 0.150 e. The Morgan fingerprint density at radius 1 is 0.852 bits per heavy atom. The van der Waals surface area contributed by atoms with Gasteiger partial charge in [-0.2, -0.15) is 4.37 Å². The van der Waals surface area contributed by atoms with Crippen molar-refractivity contribution in [3.8, 4) is 5.75 Å². The minimum absolute atomic E-state index is 0.592. The lowest BCUT2D eigenvalue weighted by Gasteiger charge is -2.35. The van der Waals surface area contributed by atoms with Gasteiger partial charge in [-0.25, -0.2) is 0 Å². The predicted octanol–water partition coefficient (Wildman–Crippen LogP) is 3.51. The monoisotopic (exact) mass is 383 g/mol. The minimum atomic E-state index is 0.592. The van der Waals surface area contributed by atoms with Gasteiger partial charge >= 0.3 is 0 Å². The van der Waals surface area contributed by atoms with E-state index in [2.05, 4.69) is 38.4 Å². The highest BCUT2D eigenvalue weighted by Crippen LogP contribution is 2.29. The molecule has 0 aliphatic carbocycles. The zero-order chi connectivity index (χ0) is 18.3. The van der Waals surface area contributed by atoms with Gasteiger partial charge in [-0.3, -0.25) is 4.90 Å². The Hall–Kier alpha value is -2.15. The molecule has 1 aromatic heterocycles. The number of rotatable bonds is 8. The molecular weight excluding hydrogens is 358 g/mol. The molecule has 6 heteroatoms. The summed E-state index contributed by atoms with van der Waals surface area (Å²) in [4.78, 5) is 4.87. The Labute approximate surface area is 164 Å². The number of fused-ring (bicyclic) bond motifs is 1. The lowest BCUT2D eigenvalue weighted by Crippen LogP contribution is -2.47. The molecule has 1 aliphatic heterocycles. The van der Waals surface area contributed by atoms with Crippen molar-refractivity contribution in [2.45, 2.75) is 0 Å². The number of para-hydroxylation sites is 1. The van der Waals surface area contributed by atoms with Gasteiger partial charge in [-0.1, -0.05) is 30.3 Å². The predicted molar refractivity (Wildman–Crippen MR) is 111 cm³/mol. The maximum Gasteiger partial charge on any atom is 0.150 e. The number of hydrogen-bond acceptors (Lipinski definition) is 6. The van der Waals surface area contributed by atoms with Crippen molar-refractivity contribution in [2.75, 3.05) is 57.4 Å². The molecule has 4 rings (SSSR count). The van der Waals surface area contributed by atoms with Gasteiger partial charge in [0.05, 0.1) is 17.9 Å². The standard InChI is InChI=1S/C21H25N3O2S/c1-2-6-18(7-3-1)26-17-16-25-15-14-23-10-12-24(13-11-23)21-19-8-4-5-9-20(19)27-22-21/h1-9H,10-17H2. The largest absolute Gasteiger partial charge is 0.491 e. The van der Waals surface area contributed by atoms with Gasteiger partial charge < -0.3 is 14.4 Å². The maximum absolute atomic E-state index is 5.72. The van der Waals surface area contributed by atoms with Gasteiger partial charge in [0.2, 0.25) is 0 Å². The zero-order valence-electron chi connectivity index (χ0n) is 15.4. The van der Waals surface area contributed by atoms with Gasteiger partial charge in [-0.05, 0) is 35.8 Å². The van der Waals surface area contributed by atoms with E-state index in [0.717, 1.165) is 50.9 Å². The normalized spacial score (nSPS) is 15.3. The third kappa shape index (κ3) is 4.77. The molecule has 0 spiro atoms. The summed E-state index contributed by atoms with van der Waals surface area (Å²) in [7, 11) is 0. The molecule has 1 fully saturated rings. The van der Waals surface area contributed by atoms with E-state index in [1.807, 2.05) is 30.3 Å². The van der Waals surface area contributed by atoms with Gasteiger partial charge in [0, 0.05) is 38.1 Å². The van der Waals surface area contributed by atoms with Crippen LogP contribution in [0, 0.1) is 0 Å². The van der Waals surface area contributed by atoms with Crippen LogP contribution in [0.2, 0.25) is 0 Å². The van der Waals surface area contributed by atoms with E-state index in [0.29, 0.717) is 13.2 Å². The van der Waals surface area contributed by atoms with Gasteiger partial charge in [0.25, 0.3) is 0 Å². The summed E-state index contributed by atoms with van der Waals surface area (Å²) >= 11 is 1.59. The second kappa shape index (κ2) is 9.17. The Kier molecular flexibility index (Phi) is 6.19. The van der Waals surface area contributed by atoms with Crippen LogP contribution >= 0.6 is 11.5 Å². The summed E-state index contributed by atoms with van der Waals surface area (Å²) in [5.41, 5.74) is 0. The molecule has 2 aromatic carbocycles. The SMILES string of the molecule is c1ccc(OCCOCCN2CCN(c3nsc4ccccc34)CC2)cc1. The topological polar surface area (TPSA) is 37.8 Å². The summed E-state index contributed by atoms with van der Waals surface area (Å²) in [5.74, 6) is 2.04. The van der Waals surface area contributed by atoms with Crippen LogP contribution in [0.3, 0.4) is 0 Å². The molecule has 0 saturated carbocycles. The van der Waals surface area contributed by atoms with E-state index >= 15 is 0 Å². The van der Waals surface area contributed by atoms with E-state index < -0.39 is 0 Å². The molecule has 0 unspecified atom stereocenters. The Morgan fingerprint density at radius 2 is 1.63 bits per heavy atom. The van der Waals surface area contributed by atoms with E-state index in [1.165, 1.54) is 10.1 Å². The fraction of sp³-hybridized carbons (Fsp3) is 0.381. The van der Waals surface area contributed by atoms with Crippen molar-refractivity contribution >= 4 is 27.4 Å². The van der Waals surface area contributed by atoms with Crippen molar-refractivity contribution in [3.05, 3.63) is 54.6 Å². The van der Waals surface area contributed by atoms with Crippen LogP contribution in [0.4, 0.5) is 5.82 Å². The number of aromatic nitrogens is 1. The van der Waals surface area contributed by atoms with Gasteiger partial charge in [-0.15, -0.1) is 0 Å². The average Bonchev–Trinajstić information content (AvgIpc) is 3.16. The van der Waals surface area contributed by atoms with Crippen molar-refractivity contribution in [1.82, 2.24) is 9.27 Å². The van der Waals surface area contributed by atoms with Crippen molar-refractivity contribution in [3.63, 3.8) is 0 Å². The van der Waals surface area contributed by atoms with Gasteiger partial charge in [0.15, 0.2) is 0 Å². The lowest BCUT2D eigenvalue weighted by molar-refractivity contribution is 0.0783. The van der Waals surface area contributed by atoms with Crippen LogP contribution in [-0.4, -0.2) is 61.8 Å². The van der Waals surface area contributed by atoms with Crippen molar-refractivity contribution in [1.29, 1.82) is 0 Å².